The van der Waals surface area contributed by atoms with E-state index in [0.717, 1.165) is 12.1 Å². The van der Waals surface area contributed by atoms with Crippen LogP contribution in [0.2, 0.25) is 0 Å². The lowest BCUT2D eigenvalue weighted by Crippen LogP contribution is -2.10. The van der Waals surface area contributed by atoms with E-state index in [0.29, 0.717) is 0 Å². The van der Waals surface area contributed by atoms with Gasteiger partial charge in [-0.2, -0.15) is 8.42 Å². The molecule has 0 heterocycles. The van der Waals surface area contributed by atoms with Crippen molar-refractivity contribution in [3.05, 3.63) is 60.0 Å². The highest BCUT2D eigenvalue weighted by atomic mass is 32.2. The number of aromatic hydroxyl groups is 3. The third-order valence-electron chi connectivity index (χ3n) is 4.34. The number of Topliss-reactive ketones (excluding diaryl/α,β-unsaturated/α-hetero) is 1. The molecular formula is C21H18N2O8S. The zero-order valence-electron chi connectivity index (χ0n) is 16.8. The fraction of sp³-hybridized carbons (Fsp3) is 0.0952. The Morgan fingerprint density at radius 3 is 2.12 bits per heavy atom. The molecule has 0 aliphatic heterocycles. The number of phenols is 3. The number of para-hydroxylation sites is 1. The molecule has 166 valence electrons. The molecule has 0 aliphatic carbocycles. The highest BCUT2D eigenvalue weighted by Gasteiger charge is 2.24. The smallest absolute Gasteiger partial charge is 0.340 e. The fourth-order valence-corrected chi connectivity index (χ4v) is 4.03. The lowest BCUT2D eigenvalue weighted by molar-refractivity contribution is -0.113. The molecule has 32 heavy (non-hydrogen) atoms. The Hall–Kier alpha value is -4.12. The van der Waals surface area contributed by atoms with Gasteiger partial charge in [0.25, 0.3) is 0 Å². The van der Waals surface area contributed by atoms with Crippen molar-refractivity contribution in [2.75, 3.05) is 0 Å². The molecule has 0 saturated carbocycles. The van der Waals surface area contributed by atoms with Crippen LogP contribution in [0, 0.1) is 0 Å². The maximum absolute atomic E-state index is 12.8. The zero-order chi connectivity index (χ0) is 23.6. The lowest BCUT2D eigenvalue weighted by Gasteiger charge is -2.12. The predicted molar refractivity (Wildman–Crippen MR) is 114 cm³/mol. The lowest BCUT2D eigenvalue weighted by atomic mass is 10.1. The average molecular weight is 458 g/mol. The summed E-state index contributed by atoms with van der Waals surface area (Å²) in [6, 6.07) is 10.2. The van der Waals surface area contributed by atoms with E-state index in [9.17, 15) is 33.6 Å². The van der Waals surface area contributed by atoms with Gasteiger partial charge in [0, 0.05) is 17.7 Å². The fourth-order valence-electron chi connectivity index (χ4n) is 2.85. The summed E-state index contributed by atoms with van der Waals surface area (Å²) in [5, 5.41) is 47.3. The summed E-state index contributed by atoms with van der Waals surface area (Å²) in [5.74, 6) is -3.10. The van der Waals surface area contributed by atoms with Crippen molar-refractivity contribution in [1.29, 1.82) is 0 Å². The van der Waals surface area contributed by atoms with Crippen molar-refractivity contribution in [3.63, 3.8) is 0 Å². The minimum Gasteiger partial charge on any atom is -0.510 e. The number of phenolic OH excluding ortho intramolecular Hbond substituents is 3. The molecule has 0 amide bonds. The molecule has 0 saturated heterocycles. The summed E-state index contributed by atoms with van der Waals surface area (Å²) in [6.07, 6.45) is 0. The summed E-state index contributed by atoms with van der Waals surface area (Å²) in [4.78, 5) is 11.2. The van der Waals surface area contributed by atoms with Crippen LogP contribution in [0.3, 0.4) is 0 Å². The van der Waals surface area contributed by atoms with Gasteiger partial charge in [0.1, 0.15) is 16.3 Å². The molecule has 0 unspecified atom stereocenters. The van der Waals surface area contributed by atoms with Crippen LogP contribution in [0.4, 0.5) is 5.69 Å². The second-order valence-electron chi connectivity index (χ2n) is 6.64. The largest absolute Gasteiger partial charge is 0.510 e. The van der Waals surface area contributed by atoms with E-state index < -0.39 is 38.9 Å². The number of aliphatic hydroxyl groups is 1. The van der Waals surface area contributed by atoms with E-state index >= 15 is 0 Å². The number of carbonyl (C=O) groups excluding carboxylic acids is 1. The molecule has 0 radical (unpaired) electrons. The molecule has 11 heteroatoms. The third kappa shape index (κ3) is 4.32. The van der Waals surface area contributed by atoms with E-state index in [-0.39, 0.29) is 32.8 Å². The number of hydrogen-bond acceptors (Lipinski definition) is 10. The number of nitrogens with zero attached hydrogens (tertiary/aromatic N) is 2. The van der Waals surface area contributed by atoms with Gasteiger partial charge in [-0.1, -0.05) is 24.3 Å². The Balaban J connectivity index is 2.09. The number of ketones is 1. The quantitative estimate of drug-likeness (QED) is 0.185. The summed E-state index contributed by atoms with van der Waals surface area (Å²) in [7, 11) is -4.53. The first-order chi connectivity index (χ1) is 15.0. The molecule has 3 rings (SSSR count). The Labute approximate surface area is 182 Å². The molecule has 0 fully saturated rings. The van der Waals surface area contributed by atoms with Crippen molar-refractivity contribution < 1.29 is 37.8 Å². The number of hydrogen-bond donors (Lipinski definition) is 4. The minimum absolute atomic E-state index is 0.0690. The summed E-state index contributed by atoms with van der Waals surface area (Å²) in [6.45, 7) is 2.45. The van der Waals surface area contributed by atoms with Crippen molar-refractivity contribution in [2.45, 2.75) is 18.7 Å². The monoisotopic (exact) mass is 458 g/mol. The average Bonchev–Trinajstić information content (AvgIpc) is 2.71. The summed E-state index contributed by atoms with van der Waals surface area (Å²) in [5.41, 5.74) is -0.372. The predicted octanol–water partition coefficient (Wildman–Crippen LogP) is 4.19. The first-order valence-electron chi connectivity index (χ1n) is 9.05. The van der Waals surface area contributed by atoms with Crippen LogP contribution >= 0.6 is 0 Å². The van der Waals surface area contributed by atoms with E-state index in [4.69, 9.17) is 4.18 Å². The number of azo groups is 1. The van der Waals surface area contributed by atoms with E-state index in [2.05, 4.69) is 10.2 Å². The van der Waals surface area contributed by atoms with Gasteiger partial charge in [-0.15, -0.1) is 10.2 Å². The van der Waals surface area contributed by atoms with E-state index in [1.807, 2.05) is 0 Å². The highest BCUT2D eigenvalue weighted by Crippen LogP contribution is 2.40. The Morgan fingerprint density at radius 2 is 1.53 bits per heavy atom. The topological polar surface area (TPSA) is 166 Å². The van der Waals surface area contributed by atoms with Gasteiger partial charge in [-0.25, -0.2) is 0 Å². The van der Waals surface area contributed by atoms with Crippen molar-refractivity contribution in [2.24, 2.45) is 10.2 Å². The number of allylic oxidation sites excluding steroid dienone is 2. The molecule has 4 N–H and O–H groups in total. The van der Waals surface area contributed by atoms with Gasteiger partial charge in [0.05, 0.1) is 0 Å². The van der Waals surface area contributed by atoms with Crippen LogP contribution in [0.5, 0.6) is 23.0 Å². The van der Waals surface area contributed by atoms with Gasteiger partial charge < -0.3 is 24.6 Å². The molecule has 0 atom stereocenters. The minimum atomic E-state index is -4.53. The summed E-state index contributed by atoms with van der Waals surface area (Å²) >= 11 is 0. The number of carbonyl (C=O) groups is 1. The number of fused-ring (bicyclic) bond motifs is 1. The van der Waals surface area contributed by atoms with Crippen molar-refractivity contribution >= 4 is 32.4 Å². The Kier molecular flexibility index (Phi) is 6.03. The standard InChI is InChI=1S/C21H18N2O8S/c1-11(24)19(12(2)25)23-22-15-10-9-13-14(20(15)28)5-3-8-18(13)32(29,30)31-21-16(26)6-4-7-17(21)27/h3-10,24,26-28H,1-2H3/b19-11-,23-22?. The third-order valence-corrected chi connectivity index (χ3v) is 5.62. The van der Waals surface area contributed by atoms with Crippen LogP contribution in [0.1, 0.15) is 13.8 Å². The van der Waals surface area contributed by atoms with Crippen LogP contribution < -0.4 is 4.18 Å². The van der Waals surface area contributed by atoms with Gasteiger partial charge in [0.15, 0.2) is 28.7 Å². The second-order valence-corrected chi connectivity index (χ2v) is 8.15. The van der Waals surface area contributed by atoms with Crippen LogP contribution in [-0.2, 0) is 14.9 Å². The number of benzene rings is 3. The Morgan fingerprint density at radius 1 is 0.906 bits per heavy atom. The maximum atomic E-state index is 12.8. The second kappa shape index (κ2) is 8.55. The molecular weight excluding hydrogens is 440 g/mol. The van der Waals surface area contributed by atoms with Crippen LogP contribution in [-0.4, -0.2) is 34.6 Å². The highest BCUT2D eigenvalue weighted by molar-refractivity contribution is 7.87. The first-order valence-corrected chi connectivity index (χ1v) is 10.5. The van der Waals surface area contributed by atoms with Crippen LogP contribution in [0.25, 0.3) is 10.8 Å². The molecule has 0 aliphatic rings. The van der Waals surface area contributed by atoms with Gasteiger partial charge in [-0.3, -0.25) is 4.79 Å². The van der Waals surface area contributed by atoms with Crippen molar-refractivity contribution in [1.82, 2.24) is 0 Å². The SMILES string of the molecule is CC(=O)/C(N=Nc1ccc2c(S(=O)(=O)Oc3c(O)cccc3O)cccc2c1O)=C(\C)O. The zero-order valence-corrected chi connectivity index (χ0v) is 17.7. The van der Waals surface area contributed by atoms with Gasteiger partial charge in [0.2, 0.25) is 5.75 Å². The molecule has 3 aromatic carbocycles. The maximum Gasteiger partial charge on any atom is 0.340 e. The summed E-state index contributed by atoms with van der Waals surface area (Å²) < 4.78 is 30.6. The van der Waals surface area contributed by atoms with E-state index in [1.54, 1.807) is 0 Å². The van der Waals surface area contributed by atoms with Crippen LogP contribution in [0.15, 0.2) is 75.1 Å². The van der Waals surface area contributed by atoms with Crippen molar-refractivity contribution in [3.8, 4) is 23.0 Å². The first kappa shape index (κ1) is 22.6. The van der Waals surface area contributed by atoms with Gasteiger partial charge >= 0.3 is 10.1 Å². The number of aliphatic hydroxyl groups excluding tert-OH is 1. The molecule has 0 aromatic heterocycles. The normalized spacial score (nSPS) is 12.7. The molecule has 0 bridgehead atoms. The molecule has 0 spiro atoms. The molecule has 3 aromatic rings. The van der Waals surface area contributed by atoms with Gasteiger partial charge in [-0.05, 0) is 31.2 Å². The van der Waals surface area contributed by atoms with E-state index in [1.165, 1.54) is 50.2 Å². The number of rotatable bonds is 6. The Bertz CT molecular complexity index is 1370. The molecule has 10 nitrogen and oxygen atoms in total.